The van der Waals surface area contributed by atoms with Crippen molar-refractivity contribution in [2.45, 2.75) is 38.1 Å². The molecule has 3 aliphatic rings. The van der Waals surface area contributed by atoms with Gasteiger partial charge in [-0.25, -0.2) is 0 Å². The maximum Gasteiger partial charge on any atom is 0.0347 e. The second-order valence-corrected chi connectivity index (χ2v) is 5.16. The normalized spacial score (nSPS) is 47.9. The molecule has 0 aromatic rings. The number of fused-ring (bicyclic) bond motifs is 2. The van der Waals surface area contributed by atoms with Crippen LogP contribution in [0.3, 0.4) is 0 Å². The molecular weight excluding hydrogens is 158 g/mol. The van der Waals surface area contributed by atoms with Gasteiger partial charge in [0.25, 0.3) is 0 Å². The van der Waals surface area contributed by atoms with Gasteiger partial charge in [-0.2, -0.15) is 0 Å². The second kappa shape index (κ2) is 2.76. The highest BCUT2D eigenvalue weighted by Crippen LogP contribution is 2.47. The van der Waals surface area contributed by atoms with E-state index in [-0.39, 0.29) is 0 Å². The first kappa shape index (κ1) is 7.90. The summed E-state index contributed by atoms with van der Waals surface area (Å²) in [4.78, 5) is 2.44. The van der Waals surface area contributed by atoms with Gasteiger partial charge in [-0.15, -0.1) is 0 Å². The Morgan fingerprint density at radius 3 is 2.77 bits per heavy atom. The van der Waals surface area contributed by atoms with E-state index in [4.69, 9.17) is 0 Å². The molecule has 1 aliphatic heterocycles. The first-order valence-electron chi connectivity index (χ1n) is 5.75. The number of rotatable bonds is 0. The van der Waals surface area contributed by atoms with Crippen LogP contribution in [0.5, 0.6) is 0 Å². The molecule has 0 bridgehead atoms. The molecule has 4 atom stereocenters. The van der Waals surface area contributed by atoms with Crippen molar-refractivity contribution >= 4 is 0 Å². The molecule has 2 fully saturated rings. The fourth-order valence-corrected chi connectivity index (χ4v) is 3.76. The zero-order valence-electron chi connectivity index (χ0n) is 8.45. The van der Waals surface area contributed by atoms with E-state index in [1.165, 1.54) is 32.1 Å². The van der Waals surface area contributed by atoms with Crippen LogP contribution >= 0.6 is 0 Å². The summed E-state index contributed by atoms with van der Waals surface area (Å²) in [7, 11) is 2.25. The van der Waals surface area contributed by atoms with Crippen LogP contribution in [0.15, 0.2) is 12.3 Å². The maximum absolute atomic E-state index is 2.44. The highest BCUT2D eigenvalue weighted by atomic mass is 15.1. The minimum absolute atomic E-state index is 0.861. The van der Waals surface area contributed by atoms with E-state index in [9.17, 15) is 0 Å². The van der Waals surface area contributed by atoms with Crippen LogP contribution in [0.4, 0.5) is 0 Å². The Morgan fingerprint density at radius 1 is 1.15 bits per heavy atom. The molecule has 0 aromatic heterocycles. The van der Waals surface area contributed by atoms with E-state index >= 15 is 0 Å². The van der Waals surface area contributed by atoms with Crippen LogP contribution in [0, 0.1) is 17.8 Å². The Bertz CT molecular complexity index is 233. The topological polar surface area (TPSA) is 3.24 Å². The molecule has 4 unspecified atom stereocenters. The van der Waals surface area contributed by atoms with Crippen LogP contribution in [0.2, 0.25) is 0 Å². The smallest absolute Gasteiger partial charge is 0.0347 e. The van der Waals surface area contributed by atoms with Gasteiger partial charge in [0.05, 0.1) is 0 Å². The van der Waals surface area contributed by atoms with Gasteiger partial charge in [-0.05, 0) is 36.8 Å². The van der Waals surface area contributed by atoms with Gasteiger partial charge in [-0.3, -0.25) is 0 Å². The molecule has 72 valence electrons. The highest BCUT2D eigenvalue weighted by molar-refractivity contribution is 5.08. The van der Waals surface area contributed by atoms with Crippen molar-refractivity contribution < 1.29 is 0 Å². The lowest BCUT2D eigenvalue weighted by Gasteiger charge is -2.37. The summed E-state index contributed by atoms with van der Waals surface area (Å²) in [6.45, 7) is 0. The zero-order valence-corrected chi connectivity index (χ0v) is 8.45. The van der Waals surface area contributed by atoms with Gasteiger partial charge in [0, 0.05) is 13.1 Å². The third kappa shape index (κ3) is 1.13. The van der Waals surface area contributed by atoms with Crippen LogP contribution in [-0.4, -0.2) is 18.0 Å². The Morgan fingerprint density at radius 2 is 1.92 bits per heavy atom. The van der Waals surface area contributed by atoms with Gasteiger partial charge < -0.3 is 4.90 Å². The molecule has 2 aliphatic carbocycles. The Labute approximate surface area is 80.8 Å². The summed E-state index contributed by atoms with van der Waals surface area (Å²) in [6, 6.07) is 0.861. The average molecular weight is 177 g/mol. The molecule has 0 saturated heterocycles. The molecule has 0 N–H and O–H groups in total. The molecule has 13 heavy (non-hydrogen) atoms. The lowest BCUT2D eigenvalue weighted by atomic mass is 9.74. The average Bonchev–Trinajstić information content (AvgIpc) is 2.70. The molecule has 1 heterocycles. The quantitative estimate of drug-likeness (QED) is 0.550. The van der Waals surface area contributed by atoms with Gasteiger partial charge in [0.1, 0.15) is 0 Å². The summed E-state index contributed by atoms with van der Waals surface area (Å²) in [5.74, 6) is 3.05. The van der Waals surface area contributed by atoms with Crippen molar-refractivity contribution in [1.82, 2.24) is 4.90 Å². The molecule has 3 rings (SSSR count). The van der Waals surface area contributed by atoms with Crippen molar-refractivity contribution in [2.24, 2.45) is 17.8 Å². The van der Waals surface area contributed by atoms with Gasteiger partial charge in [-0.1, -0.05) is 25.3 Å². The van der Waals surface area contributed by atoms with Crippen LogP contribution in [0.25, 0.3) is 0 Å². The molecule has 1 nitrogen and oxygen atoms in total. The van der Waals surface area contributed by atoms with Gasteiger partial charge in [0.2, 0.25) is 0 Å². The SMILES string of the molecule is CN1C=CC2CC3CCCC3CC21. The molecule has 0 radical (unpaired) electrons. The predicted octanol–water partition coefficient (Wildman–Crippen LogP) is 2.64. The van der Waals surface area contributed by atoms with E-state index in [1.54, 1.807) is 0 Å². The minimum Gasteiger partial charge on any atom is -0.377 e. The van der Waals surface area contributed by atoms with E-state index in [0.717, 1.165) is 23.8 Å². The maximum atomic E-state index is 2.44. The number of hydrogen-bond acceptors (Lipinski definition) is 1. The van der Waals surface area contributed by atoms with Crippen molar-refractivity contribution in [3.8, 4) is 0 Å². The molecule has 0 aromatic carbocycles. The van der Waals surface area contributed by atoms with E-state index < -0.39 is 0 Å². The van der Waals surface area contributed by atoms with Gasteiger partial charge in [0.15, 0.2) is 0 Å². The Hall–Kier alpha value is -0.460. The van der Waals surface area contributed by atoms with E-state index in [2.05, 4.69) is 24.2 Å². The summed E-state index contributed by atoms with van der Waals surface area (Å²) < 4.78 is 0. The fourth-order valence-electron chi connectivity index (χ4n) is 3.76. The summed E-state index contributed by atoms with van der Waals surface area (Å²) in [5.41, 5.74) is 0. The molecular formula is C12H19N. The molecule has 0 amide bonds. The number of hydrogen-bond donors (Lipinski definition) is 0. The predicted molar refractivity (Wildman–Crippen MR) is 54.2 cm³/mol. The van der Waals surface area contributed by atoms with Crippen molar-refractivity contribution in [1.29, 1.82) is 0 Å². The minimum atomic E-state index is 0.861. The molecule has 0 spiro atoms. The monoisotopic (exact) mass is 177 g/mol. The Kier molecular flexibility index (Phi) is 1.68. The number of nitrogens with zero attached hydrogens (tertiary/aromatic N) is 1. The van der Waals surface area contributed by atoms with Crippen molar-refractivity contribution in [2.75, 3.05) is 7.05 Å². The van der Waals surface area contributed by atoms with Crippen LogP contribution < -0.4 is 0 Å². The summed E-state index contributed by atoms with van der Waals surface area (Å²) >= 11 is 0. The third-order valence-corrected chi connectivity index (χ3v) is 4.52. The fraction of sp³-hybridized carbons (Fsp3) is 0.833. The highest BCUT2D eigenvalue weighted by Gasteiger charge is 2.41. The zero-order chi connectivity index (χ0) is 8.84. The standard InChI is InChI=1S/C12H19N/c1-13-6-5-11-7-9-3-2-4-10(9)8-12(11)13/h5-6,9-12H,2-4,7-8H2,1H3. The summed E-state index contributed by atoms with van der Waals surface area (Å²) in [6.07, 6.45) is 12.2. The second-order valence-electron chi connectivity index (χ2n) is 5.16. The first-order valence-corrected chi connectivity index (χ1v) is 5.75. The van der Waals surface area contributed by atoms with Crippen LogP contribution in [-0.2, 0) is 0 Å². The molecule has 2 saturated carbocycles. The van der Waals surface area contributed by atoms with Crippen molar-refractivity contribution in [3.05, 3.63) is 12.3 Å². The molecule has 1 heteroatoms. The lowest BCUT2D eigenvalue weighted by Crippen LogP contribution is -2.37. The van der Waals surface area contributed by atoms with Crippen LogP contribution in [0.1, 0.15) is 32.1 Å². The summed E-state index contributed by atoms with van der Waals surface area (Å²) in [5, 5.41) is 0. The van der Waals surface area contributed by atoms with E-state index in [0.29, 0.717) is 0 Å². The first-order chi connectivity index (χ1) is 6.34. The van der Waals surface area contributed by atoms with Crippen molar-refractivity contribution in [3.63, 3.8) is 0 Å². The third-order valence-electron chi connectivity index (χ3n) is 4.52. The van der Waals surface area contributed by atoms with Gasteiger partial charge >= 0.3 is 0 Å². The Balaban J connectivity index is 1.79. The lowest BCUT2D eigenvalue weighted by molar-refractivity contribution is 0.145. The largest absolute Gasteiger partial charge is 0.377 e. The van der Waals surface area contributed by atoms with E-state index in [1.807, 2.05) is 0 Å².